The van der Waals surface area contributed by atoms with Gasteiger partial charge in [-0.1, -0.05) is 581 Å². The molecule has 0 bridgehead atoms. The summed E-state index contributed by atoms with van der Waals surface area (Å²) < 4.78 is 0. The fourth-order valence-corrected chi connectivity index (χ4v) is 15.8. The Balaban J connectivity index is -0.000000257. The zero-order chi connectivity index (χ0) is 89.3. The van der Waals surface area contributed by atoms with Gasteiger partial charge in [-0.2, -0.15) is 0 Å². The molecular formula is C108H210O12W. The van der Waals surface area contributed by atoms with E-state index in [2.05, 4.69) is 41.5 Å². The molecule has 0 radical (unpaired) electrons. The molecule has 0 aliphatic rings. The zero-order valence-electron chi connectivity index (χ0n) is 82.2. The average Bonchev–Trinajstić information content (AvgIpc) is 1.37. The second kappa shape index (κ2) is 128. The fourth-order valence-electron chi connectivity index (χ4n) is 15.8. The Bertz CT molecular complexity index is 1560. The van der Waals surface area contributed by atoms with E-state index >= 15 is 0 Å². The van der Waals surface area contributed by atoms with Gasteiger partial charge in [-0.3, -0.25) is 0 Å². The molecule has 0 aliphatic carbocycles. The number of carbonyl (C=O) groups excluding carboxylic acids is 6. The summed E-state index contributed by atoms with van der Waals surface area (Å²) in [6, 6.07) is 0. The molecule has 13 heteroatoms. The fraction of sp³-hybridized carbons (Fsp3) is 0.944. The van der Waals surface area contributed by atoms with E-state index in [0.29, 0.717) is 0 Å². The van der Waals surface area contributed by atoms with Crippen LogP contribution in [0.25, 0.3) is 0 Å². The third-order valence-corrected chi connectivity index (χ3v) is 23.9. The molecule has 0 aromatic heterocycles. The molecule has 0 aliphatic heterocycles. The Morgan fingerprint density at radius 3 is 0.207 bits per heavy atom. The molecule has 0 heterocycles. The molecule has 121 heavy (non-hydrogen) atoms. The van der Waals surface area contributed by atoms with E-state index in [1.807, 2.05) is 0 Å². The van der Waals surface area contributed by atoms with Gasteiger partial charge in [0.05, 0.1) is 0 Å². The Kier molecular flexibility index (Phi) is 140. The van der Waals surface area contributed by atoms with Crippen molar-refractivity contribution in [2.24, 2.45) is 0 Å². The SMILES string of the molecule is CCCCCCCCCCCCCCCCCC(=O)[O-].CCCCCCCCCCCCCCCCCC(=O)[O-].CCCCCCCCCCCCCCCCCC(=O)[O-].CCCCCCCCCCCCCCCCCC(=O)[O-].CCCCCCCCCCCCCCCCCC(=O)[O-].CCCCCCCCCCCCCCCCCC(=O)[O-].[W+6]. The third-order valence-electron chi connectivity index (χ3n) is 23.9. The normalized spacial score (nSPS) is 10.8. The molecule has 12 nitrogen and oxygen atoms in total. The maximum atomic E-state index is 10.2. The van der Waals surface area contributed by atoms with Gasteiger partial charge in [0.15, 0.2) is 0 Å². The second-order valence-electron chi connectivity index (χ2n) is 36.4. The minimum atomic E-state index is -0.903. The van der Waals surface area contributed by atoms with E-state index < -0.39 is 35.8 Å². The summed E-state index contributed by atoms with van der Waals surface area (Å²) in [5.74, 6) is -5.42. The Labute approximate surface area is 769 Å². The van der Waals surface area contributed by atoms with Crippen molar-refractivity contribution >= 4 is 35.8 Å². The Morgan fingerprint density at radius 1 is 0.107 bits per heavy atom. The minimum absolute atomic E-state index is 0. The molecular weight excluding hydrogens is 1670 g/mol. The summed E-state index contributed by atoms with van der Waals surface area (Å²) in [6.45, 7) is 13.6. The van der Waals surface area contributed by atoms with Gasteiger partial charge in [0, 0.05) is 35.8 Å². The molecule has 0 amide bonds. The monoisotopic (exact) mass is 1880 g/mol. The summed E-state index contributed by atoms with van der Waals surface area (Å²) >= 11 is 0. The number of carbonyl (C=O) groups is 6. The van der Waals surface area contributed by atoms with Gasteiger partial charge in [0.2, 0.25) is 0 Å². The standard InChI is InChI=1S/6C18H36O2.W/c6*1-2-3-4-5-6-7-8-9-10-11-12-13-14-15-16-17-18(19)20;/h6*2-17H2,1H3,(H,19,20);/q;;;;;;+6/p-6. The number of hydrogen-bond donors (Lipinski definition) is 0. The van der Waals surface area contributed by atoms with Gasteiger partial charge in [0.25, 0.3) is 0 Å². The van der Waals surface area contributed by atoms with Crippen molar-refractivity contribution in [3.05, 3.63) is 0 Å². The van der Waals surface area contributed by atoms with E-state index in [-0.39, 0.29) is 59.6 Å². The summed E-state index contributed by atoms with van der Waals surface area (Å²) in [6.07, 6.45) is 119. The van der Waals surface area contributed by atoms with Gasteiger partial charge < -0.3 is 59.4 Å². The maximum Gasteiger partial charge on any atom is 6.00 e. The predicted molar refractivity (Wildman–Crippen MR) is 507 cm³/mol. The van der Waals surface area contributed by atoms with Crippen LogP contribution in [-0.2, 0) is 49.8 Å². The first-order valence-electron chi connectivity index (χ1n) is 53.8. The topological polar surface area (TPSA) is 241 Å². The first-order valence-corrected chi connectivity index (χ1v) is 53.8. The Morgan fingerprint density at radius 2 is 0.157 bits per heavy atom. The van der Waals surface area contributed by atoms with Crippen LogP contribution in [0.5, 0.6) is 0 Å². The van der Waals surface area contributed by atoms with Gasteiger partial charge in [-0.25, -0.2) is 0 Å². The average molecular weight is 1880 g/mol. The van der Waals surface area contributed by atoms with Gasteiger partial charge in [-0.05, 0) is 77.0 Å². The van der Waals surface area contributed by atoms with E-state index in [4.69, 9.17) is 0 Å². The molecule has 0 unspecified atom stereocenters. The van der Waals surface area contributed by atoms with Crippen molar-refractivity contribution in [3.8, 4) is 0 Å². The maximum absolute atomic E-state index is 10.2. The van der Waals surface area contributed by atoms with Crippen LogP contribution >= 0.6 is 0 Å². The first-order chi connectivity index (χ1) is 58.6. The molecule has 0 fully saturated rings. The molecule has 0 spiro atoms. The summed E-state index contributed by atoms with van der Waals surface area (Å²) in [5, 5.41) is 61.3. The molecule has 720 valence electrons. The van der Waals surface area contributed by atoms with Gasteiger partial charge in [-0.15, -0.1) is 0 Å². The molecule has 0 saturated heterocycles. The van der Waals surface area contributed by atoms with E-state index in [1.54, 1.807) is 0 Å². The minimum Gasteiger partial charge on any atom is -0.550 e. The number of rotatable bonds is 96. The number of carboxylic acid groups (broad SMARTS) is 6. The van der Waals surface area contributed by atoms with Crippen molar-refractivity contribution < 1.29 is 80.5 Å². The second-order valence-corrected chi connectivity index (χ2v) is 36.4. The Hall–Kier alpha value is -2.49. The number of carboxylic acids is 6. The molecule has 0 N–H and O–H groups in total. The van der Waals surface area contributed by atoms with Gasteiger partial charge >= 0.3 is 21.1 Å². The van der Waals surface area contributed by atoms with Crippen LogP contribution in [0.3, 0.4) is 0 Å². The van der Waals surface area contributed by atoms with Gasteiger partial charge in [0.1, 0.15) is 0 Å². The first kappa shape index (κ1) is 132. The third kappa shape index (κ3) is 158. The van der Waals surface area contributed by atoms with E-state index in [0.717, 1.165) is 77.0 Å². The van der Waals surface area contributed by atoms with Crippen LogP contribution in [0.15, 0.2) is 0 Å². The number of hydrogen-bond acceptors (Lipinski definition) is 12. The molecule has 0 saturated carbocycles. The van der Waals surface area contributed by atoms with Crippen molar-refractivity contribution in [2.75, 3.05) is 0 Å². The van der Waals surface area contributed by atoms with Crippen LogP contribution in [0.2, 0.25) is 0 Å². The van der Waals surface area contributed by atoms with E-state index in [1.165, 1.54) is 501 Å². The van der Waals surface area contributed by atoms with Crippen molar-refractivity contribution in [3.63, 3.8) is 0 Å². The van der Waals surface area contributed by atoms with Crippen LogP contribution in [0, 0.1) is 0 Å². The molecule has 0 aromatic carbocycles. The van der Waals surface area contributed by atoms with Crippen LogP contribution < -0.4 is 30.6 Å². The van der Waals surface area contributed by atoms with Crippen molar-refractivity contribution in [1.29, 1.82) is 0 Å². The van der Waals surface area contributed by atoms with Crippen LogP contribution in [-0.4, -0.2) is 35.8 Å². The summed E-state index contributed by atoms with van der Waals surface area (Å²) in [7, 11) is 0. The zero-order valence-corrected chi connectivity index (χ0v) is 85.1. The van der Waals surface area contributed by atoms with Crippen molar-refractivity contribution in [1.82, 2.24) is 0 Å². The summed E-state index contributed by atoms with van der Waals surface area (Å²) in [4.78, 5) is 61.3. The smallest absolute Gasteiger partial charge is 0.550 e. The number of unbranched alkanes of at least 4 members (excludes halogenated alkanes) is 84. The predicted octanol–water partition coefficient (Wildman–Crippen LogP) is 30.0. The molecule has 0 rings (SSSR count). The van der Waals surface area contributed by atoms with E-state index in [9.17, 15) is 59.4 Å². The summed E-state index contributed by atoms with van der Waals surface area (Å²) in [5.41, 5.74) is 0. The largest absolute Gasteiger partial charge is 6.00 e. The van der Waals surface area contributed by atoms with Crippen LogP contribution in [0.4, 0.5) is 0 Å². The van der Waals surface area contributed by atoms with Crippen molar-refractivity contribution in [2.45, 2.75) is 658 Å². The number of aliphatic carboxylic acids is 6. The molecule has 0 atom stereocenters. The quantitative estimate of drug-likeness (QED) is 0.0517. The molecule has 0 aromatic rings. The van der Waals surface area contributed by atoms with Crippen LogP contribution in [0.1, 0.15) is 658 Å².